The molecule has 0 unspecified atom stereocenters. The highest BCUT2D eigenvalue weighted by molar-refractivity contribution is 5.93. The van der Waals surface area contributed by atoms with Gasteiger partial charge in [0.05, 0.1) is 23.1 Å². The molecule has 178 valence electrons. The van der Waals surface area contributed by atoms with Crippen LogP contribution in [0.1, 0.15) is 31.4 Å². The van der Waals surface area contributed by atoms with Crippen LogP contribution in [0.3, 0.4) is 0 Å². The lowest BCUT2D eigenvalue weighted by atomic mass is 9.96. The SMILES string of the molecule is Cc1ccc(-c2ccc(NC(=O)[C@@H](C)[C@H]3[C@@H]4C[C@@H](n5cnc6cc(F)c(F)cc65)C[C@@H]43)cc2)nc1. The lowest BCUT2D eigenvalue weighted by molar-refractivity contribution is -0.120. The van der Waals surface area contributed by atoms with Gasteiger partial charge in [-0.25, -0.2) is 13.8 Å². The molecule has 0 aliphatic heterocycles. The normalized spacial score (nSPS) is 23.8. The fraction of sp³-hybridized carbons (Fsp3) is 0.321. The van der Waals surface area contributed by atoms with E-state index in [1.165, 1.54) is 6.07 Å². The van der Waals surface area contributed by atoms with E-state index in [4.69, 9.17) is 0 Å². The Hall–Kier alpha value is -3.61. The number of nitrogens with zero attached hydrogens (tertiary/aromatic N) is 3. The third-order valence-corrected chi connectivity index (χ3v) is 7.85. The molecule has 2 fully saturated rings. The zero-order chi connectivity index (χ0) is 24.3. The Morgan fingerprint density at radius 3 is 2.43 bits per heavy atom. The third-order valence-electron chi connectivity index (χ3n) is 7.85. The van der Waals surface area contributed by atoms with Crippen molar-refractivity contribution in [2.75, 3.05) is 5.32 Å². The summed E-state index contributed by atoms with van der Waals surface area (Å²) in [6.45, 7) is 4.01. The van der Waals surface area contributed by atoms with E-state index < -0.39 is 11.6 Å². The van der Waals surface area contributed by atoms with Gasteiger partial charge in [-0.05, 0) is 61.3 Å². The van der Waals surface area contributed by atoms with E-state index in [2.05, 4.69) is 15.3 Å². The van der Waals surface area contributed by atoms with Crippen molar-refractivity contribution in [3.05, 3.63) is 78.3 Å². The number of halogens is 2. The van der Waals surface area contributed by atoms with Crippen LogP contribution in [0.15, 0.2) is 61.1 Å². The van der Waals surface area contributed by atoms with Crippen molar-refractivity contribution in [1.29, 1.82) is 0 Å². The number of hydrogen-bond acceptors (Lipinski definition) is 3. The molecule has 2 aliphatic rings. The molecule has 6 rings (SSSR count). The van der Waals surface area contributed by atoms with Crippen LogP contribution >= 0.6 is 0 Å². The fourth-order valence-electron chi connectivity index (χ4n) is 5.94. The van der Waals surface area contributed by atoms with E-state index in [1.54, 1.807) is 6.33 Å². The van der Waals surface area contributed by atoms with Crippen molar-refractivity contribution in [3.63, 3.8) is 0 Å². The lowest BCUT2D eigenvalue weighted by Crippen LogP contribution is -2.24. The van der Waals surface area contributed by atoms with E-state index in [-0.39, 0.29) is 17.9 Å². The predicted molar refractivity (Wildman–Crippen MR) is 131 cm³/mol. The van der Waals surface area contributed by atoms with Crippen molar-refractivity contribution in [2.45, 2.75) is 32.7 Å². The number of nitrogens with one attached hydrogen (secondary N) is 1. The van der Waals surface area contributed by atoms with Gasteiger partial charge in [0.1, 0.15) is 0 Å². The smallest absolute Gasteiger partial charge is 0.227 e. The molecular weight excluding hydrogens is 446 g/mol. The minimum atomic E-state index is -0.877. The van der Waals surface area contributed by atoms with E-state index in [1.807, 2.05) is 61.0 Å². The summed E-state index contributed by atoms with van der Waals surface area (Å²) in [4.78, 5) is 21.7. The highest BCUT2D eigenvalue weighted by Crippen LogP contribution is 2.64. The lowest BCUT2D eigenvalue weighted by Gasteiger charge is -2.20. The maximum absolute atomic E-state index is 13.8. The van der Waals surface area contributed by atoms with Gasteiger partial charge in [0, 0.05) is 41.5 Å². The Balaban J connectivity index is 1.08. The van der Waals surface area contributed by atoms with Crippen molar-refractivity contribution >= 4 is 22.6 Å². The number of pyridine rings is 1. The largest absolute Gasteiger partial charge is 0.327 e. The molecular formula is C28H26F2N4O. The average Bonchev–Trinajstić information content (AvgIpc) is 3.15. The second-order valence-corrected chi connectivity index (χ2v) is 10.0. The maximum Gasteiger partial charge on any atom is 0.227 e. The average molecular weight is 473 g/mol. The first-order valence-electron chi connectivity index (χ1n) is 12.0. The second kappa shape index (κ2) is 8.26. The van der Waals surface area contributed by atoms with Crippen molar-refractivity contribution in [1.82, 2.24) is 14.5 Å². The molecule has 0 radical (unpaired) electrons. The first-order chi connectivity index (χ1) is 16.9. The number of benzene rings is 2. The van der Waals surface area contributed by atoms with Crippen LogP contribution in [0.4, 0.5) is 14.5 Å². The minimum absolute atomic E-state index is 0.0350. The second-order valence-electron chi connectivity index (χ2n) is 10.0. The number of aryl methyl sites for hydroxylation is 1. The monoisotopic (exact) mass is 472 g/mol. The fourth-order valence-corrected chi connectivity index (χ4v) is 5.94. The highest BCUT2D eigenvalue weighted by atomic mass is 19.2. The van der Waals surface area contributed by atoms with Crippen LogP contribution in [0, 0.1) is 42.2 Å². The molecule has 2 aromatic heterocycles. The van der Waals surface area contributed by atoms with Crippen LogP contribution in [0.2, 0.25) is 0 Å². The number of carbonyl (C=O) groups is 1. The molecule has 0 saturated heterocycles. The summed E-state index contributed by atoms with van der Waals surface area (Å²) in [6, 6.07) is 14.4. The van der Waals surface area contributed by atoms with Crippen LogP contribution in [0.5, 0.6) is 0 Å². The minimum Gasteiger partial charge on any atom is -0.327 e. The number of imidazole rings is 1. The van der Waals surface area contributed by atoms with Gasteiger partial charge in [-0.3, -0.25) is 9.78 Å². The van der Waals surface area contributed by atoms with Crippen molar-refractivity contribution in [2.24, 2.45) is 23.7 Å². The molecule has 1 N–H and O–H groups in total. The number of aromatic nitrogens is 3. The molecule has 0 spiro atoms. The van der Waals surface area contributed by atoms with Gasteiger partial charge in [-0.1, -0.05) is 25.1 Å². The maximum atomic E-state index is 13.8. The van der Waals surface area contributed by atoms with Gasteiger partial charge in [0.15, 0.2) is 11.6 Å². The van der Waals surface area contributed by atoms with Gasteiger partial charge >= 0.3 is 0 Å². The summed E-state index contributed by atoms with van der Waals surface area (Å²) < 4.78 is 29.3. The Bertz CT molecular complexity index is 1400. The summed E-state index contributed by atoms with van der Waals surface area (Å²) in [5, 5.41) is 3.06. The Morgan fingerprint density at radius 2 is 1.74 bits per heavy atom. The summed E-state index contributed by atoms with van der Waals surface area (Å²) in [5.74, 6) is -0.487. The van der Waals surface area contributed by atoms with E-state index in [0.717, 1.165) is 41.4 Å². The molecule has 1 amide bonds. The van der Waals surface area contributed by atoms with E-state index in [0.29, 0.717) is 28.8 Å². The number of rotatable bonds is 5. The van der Waals surface area contributed by atoms with Gasteiger partial charge in [-0.2, -0.15) is 0 Å². The summed E-state index contributed by atoms with van der Waals surface area (Å²) in [7, 11) is 0. The topological polar surface area (TPSA) is 59.8 Å². The third kappa shape index (κ3) is 3.89. The molecule has 2 aliphatic carbocycles. The van der Waals surface area contributed by atoms with Crippen LogP contribution < -0.4 is 5.32 Å². The van der Waals surface area contributed by atoms with E-state index in [9.17, 15) is 13.6 Å². The summed E-state index contributed by atoms with van der Waals surface area (Å²) in [6.07, 6.45) is 5.38. The molecule has 7 heteroatoms. The first kappa shape index (κ1) is 21.9. The number of amides is 1. The van der Waals surface area contributed by atoms with Gasteiger partial charge < -0.3 is 9.88 Å². The molecule has 5 atom stereocenters. The van der Waals surface area contributed by atoms with Crippen LogP contribution in [-0.4, -0.2) is 20.4 Å². The Kier molecular flexibility index (Phi) is 5.16. The predicted octanol–water partition coefficient (Wildman–Crippen LogP) is 6.16. The molecule has 0 bridgehead atoms. The Morgan fingerprint density at radius 1 is 1.03 bits per heavy atom. The zero-order valence-corrected chi connectivity index (χ0v) is 19.6. The van der Waals surface area contributed by atoms with Gasteiger partial charge in [0.2, 0.25) is 5.91 Å². The standard InChI is InChI=1S/C28H26F2N4O/c1-15-3-8-24(31-13-15)17-4-6-18(7-5-17)33-28(35)16(2)27-20-9-19(10-21(20)27)34-14-32-25-11-22(29)23(30)12-26(25)34/h3-8,11-14,16,19-21,27H,9-10H2,1-2H3,(H,33,35)/t16-,19-,20-,21+,27+/m0/s1. The number of carbonyl (C=O) groups excluding carboxylic acids is 1. The van der Waals surface area contributed by atoms with Crippen LogP contribution in [-0.2, 0) is 4.79 Å². The van der Waals surface area contributed by atoms with E-state index >= 15 is 0 Å². The number of hydrogen-bond donors (Lipinski definition) is 1. The van der Waals surface area contributed by atoms with Gasteiger partial charge in [0.25, 0.3) is 0 Å². The highest BCUT2D eigenvalue weighted by Gasteiger charge is 2.59. The molecule has 2 heterocycles. The molecule has 5 nitrogen and oxygen atoms in total. The van der Waals surface area contributed by atoms with Crippen molar-refractivity contribution in [3.8, 4) is 11.3 Å². The number of anilines is 1. The first-order valence-corrected chi connectivity index (χ1v) is 12.0. The molecule has 2 saturated carbocycles. The van der Waals surface area contributed by atoms with Crippen LogP contribution in [0.25, 0.3) is 22.3 Å². The zero-order valence-electron chi connectivity index (χ0n) is 19.6. The summed E-state index contributed by atoms with van der Waals surface area (Å²) in [5.41, 5.74) is 4.90. The molecule has 35 heavy (non-hydrogen) atoms. The quantitative estimate of drug-likeness (QED) is 0.379. The number of fused-ring (bicyclic) bond motifs is 2. The van der Waals surface area contributed by atoms with Gasteiger partial charge in [-0.15, -0.1) is 0 Å². The summed E-state index contributed by atoms with van der Waals surface area (Å²) >= 11 is 0. The molecule has 4 aromatic rings. The Labute approximate surface area is 202 Å². The molecule has 2 aromatic carbocycles. The van der Waals surface area contributed by atoms with Crippen molar-refractivity contribution < 1.29 is 13.6 Å².